The second-order valence-electron chi connectivity index (χ2n) is 3.58. The Morgan fingerprint density at radius 3 is 2.60 bits per heavy atom. The average molecular weight is 399 g/mol. The molecular weight excluding hydrogens is 390 g/mol. The molecule has 1 aromatic carbocycles. The van der Waals surface area contributed by atoms with E-state index >= 15 is 0 Å². The van der Waals surface area contributed by atoms with Crippen LogP contribution in [0.15, 0.2) is 12.1 Å². The molecule has 0 aliphatic carbocycles. The number of esters is 1. The number of hydrogen-bond acceptors (Lipinski definition) is 4. The highest BCUT2D eigenvalue weighted by atomic mass is 127. The fourth-order valence-electron chi connectivity index (χ4n) is 1.39. The number of halogens is 4. The number of carbonyl (C=O) groups is 1. The molecule has 0 N–H and O–H groups in total. The first-order valence-corrected chi connectivity index (χ1v) is 6.48. The van der Waals surface area contributed by atoms with Crippen molar-refractivity contribution in [2.45, 2.75) is 19.7 Å². The van der Waals surface area contributed by atoms with Crippen molar-refractivity contribution in [3.05, 3.63) is 26.8 Å². The first-order valence-electron chi connectivity index (χ1n) is 5.40. The Morgan fingerprint density at radius 2 is 2.10 bits per heavy atom. The standard InChI is InChI=1S/C12H9F3INO3/c1-2-19-11(18)5-7-4-10(20-12(13,14)15)8(6-17)3-9(7)16/h3-4H,2,5H2,1H3. The van der Waals surface area contributed by atoms with Crippen LogP contribution in [-0.4, -0.2) is 18.9 Å². The minimum absolute atomic E-state index is 0.178. The normalized spacial score (nSPS) is 10.8. The first kappa shape index (κ1) is 16.6. The van der Waals surface area contributed by atoms with Crippen molar-refractivity contribution in [3.8, 4) is 11.8 Å². The van der Waals surface area contributed by atoms with Crippen LogP contribution in [0.5, 0.6) is 5.75 Å². The van der Waals surface area contributed by atoms with Gasteiger partial charge in [-0.1, -0.05) is 0 Å². The molecule has 0 saturated heterocycles. The molecule has 0 heterocycles. The lowest BCUT2D eigenvalue weighted by atomic mass is 10.1. The second kappa shape index (κ2) is 6.78. The summed E-state index contributed by atoms with van der Waals surface area (Å²) in [5.74, 6) is -1.19. The van der Waals surface area contributed by atoms with Gasteiger partial charge in [0.1, 0.15) is 11.8 Å². The van der Waals surface area contributed by atoms with E-state index in [4.69, 9.17) is 10.00 Å². The highest BCUT2D eigenvalue weighted by Crippen LogP contribution is 2.30. The lowest BCUT2D eigenvalue weighted by Gasteiger charge is -2.13. The van der Waals surface area contributed by atoms with E-state index in [2.05, 4.69) is 4.74 Å². The van der Waals surface area contributed by atoms with Crippen molar-refractivity contribution < 1.29 is 27.4 Å². The molecule has 0 fully saturated rings. The van der Waals surface area contributed by atoms with Crippen LogP contribution >= 0.6 is 22.6 Å². The van der Waals surface area contributed by atoms with Crippen molar-refractivity contribution in [1.29, 1.82) is 5.26 Å². The van der Waals surface area contributed by atoms with E-state index in [1.165, 1.54) is 6.07 Å². The third-order valence-electron chi connectivity index (χ3n) is 2.13. The maximum Gasteiger partial charge on any atom is 0.573 e. The van der Waals surface area contributed by atoms with Gasteiger partial charge in [0, 0.05) is 3.57 Å². The minimum Gasteiger partial charge on any atom is -0.466 e. The van der Waals surface area contributed by atoms with Gasteiger partial charge >= 0.3 is 12.3 Å². The number of alkyl halides is 3. The Hall–Kier alpha value is -1.50. The van der Waals surface area contributed by atoms with Gasteiger partial charge in [0.2, 0.25) is 0 Å². The van der Waals surface area contributed by atoms with Gasteiger partial charge < -0.3 is 9.47 Å². The third-order valence-corrected chi connectivity index (χ3v) is 3.14. The zero-order valence-electron chi connectivity index (χ0n) is 10.3. The van der Waals surface area contributed by atoms with Crippen LogP contribution < -0.4 is 4.74 Å². The summed E-state index contributed by atoms with van der Waals surface area (Å²) in [6.45, 7) is 1.80. The Kier molecular flexibility index (Phi) is 5.62. The zero-order chi connectivity index (χ0) is 15.3. The molecule has 20 heavy (non-hydrogen) atoms. The zero-order valence-corrected chi connectivity index (χ0v) is 12.4. The number of nitrogens with zero attached hydrogens (tertiary/aromatic N) is 1. The molecule has 0 radical (unpaired) electrons. The van der Waals surface area contributed by atoms with E-state index in [1.807, 2.05) is 22.6 Å². The summed E-state index contributed by atoms with van der Waals surface area (Å²) in [5.41, 5.74) is 0.0571. The quantitative estimate of drug-likeness (QED) is 0.577. The Morgan fingerprint density at radius 1 is 1.45 bits per heavy atom. The van der Waals surface area contributed by atoms with E-state index in [1.54, 1.807) is 13.0 Å². The van der Waals surface area contributed by atoms with Gasteiger partial charge in [0.25, 0.3) is 0 Å². The number of nitriles is 1. The monoisotopic (exact) mass is 399 g/mol. The average Bonchev–Trinajstić information content (AvgIpc) is 2.31. The molecule has 0 spiro atoms. The van der Waals surface area contributed by atoms with Crippen LogP contribution in [-0.2, 0) is 16.0 Å². The van der Waals surface area contributed by atoms with Crippen LogP contribution in [0, 0.1) is 14.9 Å². The van der Waals surface area contributed by atoms with E-state index < -0.39 is 18.1 Å². The second-order valence-corrected chi connectivity index (χ2v) is 4.74. The van der Waals surface area contributed by atoms with Gasteiger partial charge in [-0.05, 0) is 47.2 Å². The molecule has 1 rings (SSSR count). The van der Waals surface area contributed by atoms with Gasteiger partial charge in [-0.25, -0.2) is 0 Å². The summed E-state index contributed by atoms with van der Waals surface area (Å²) in [7, 11) is 0. The van der Waals surface area contributed by atoms with Crippen molar-refractivity contribution in [2.75, 3.05) is 6.61 Å². The molecular formula is C12H9F3INO3. The largest absolute Gasteiger partial charge is 0.573 e. The fourth-order valence-corrected chi connectivity index (χ4v) is 2.05. The highest BCUT2D eigenvalue weighted by Gasteiger charge is 2.32. The predicted octanol–water partition coefficient (Wildman–Crippen LogP) is 3.17. The fraction of sp³-hybridized carbons (Fsp3) is 0.333. The lowest BCUT2D eigenvalue weighted by Crippen LogP contribution is -2.18. The molecule has 108 valence electrons. The van der Waals surface area contributed by atoms with E-state index in [-0.39, 0.29) is 18.6 Å². The summed E-state index contributed by atoms with van der Waals surface area (Å²) in [6, 6.07) is 3.88. The maximum atomic E-state index is 12.2. The number of benzene rings is 1. The van der Waals surface area contributed by atoms with Crippen LogP contribution in [0.3, 0.4) is 0 Å². The smallest absolute Gasteiger partial charge is 0.466 e. The third kappa shape index (κ3) is 4.88. The Labute approximate surface area is 126 Å². The molecule has 4 nitrogen and oxygen atoms in total. The van der Waals surface area contributed by atoms with Crippen molar-refractivity contribution in [1.82, 2.24) is 0 Å². The lowest BCUT2D eigenvalue weighted by molar-refractivity contribution is -0.274. The van der Waals surface area contributed by atoms with E-state index in [0.717, 1.165) is 6.07 Å². The van der Waals surface area contributed by atoms with Crippen LogP contribution in [0.25, 0.3) is 0 Å². The maximum absolute atomic E-state index is 12.2. The highest BCUT2D eigenvalue weighted by molar-refractivity contribution is 14.1. The molecule has 0 aromatic heterocycles. The summed E-state index contributed by atoms with van der Waals surface area (Å²) < 4.78 is 45.7. The predicted molar refractivity (Wildman–Crippen MR) is 70.9 cm³/mol. The Balaban J connectivity index is 3.11. The number of hydrogen-bond donors (Lipinski definition) is 0. The molecule has 0 aliphatic heterocycles. The van der Waals surface area contributed by atoms with Crippen molar-refractivity contribution in [3.63, 3.8) is 0 Å². The summed E-state index contributed by atoms with van der Waals surface area (Å²) in [6.07, 6.45) is -5.09. The van der Waals surface area contributed by atoms with Gasteiger partial charge in [-0.3, -0.25) is 4.79 Å². The van der Waals surface area contributed by atoms with E-state index in [0.29, 0.717) is 9.13 Å². The van der Waals surface area contributed by atoms with Gasteiger partial charge in [-0.2, -0.15) is 5.26 Å². The van der Waals surface area contributed by atoms with Crippen LogP contribution in [0.4, 0.5) is 13.2 Å². The molecule has 0 unspecified atom stereocenters. The molecule has 0 atom stereocenters. The Bertz CT molecular complexity index is 552. The van der Waals surface area contributed by atoms with Gasteiger partial charge in [0.05, 0.1) is 18.6 Å². The topological polar surface area (TPSA) is 59.3 Å². The van der Waals surface area contributed by atoms with E-state index in [9.17, 15) is 18.0 Å². The number of rotatable bonds is 4. The SMILES string of the molecule is CCOC(=O)Cc1cc(OC(F)(F)F)c(C#N)cc1I. The number of ether oxygens (including phenoxy) is 2. The molecule has 1 aromatic rings. The molecule has 8 heteroatoms. The molecule has 0 saturated carbocycles. The minimum atomic E-state index is -4.90. The van der Waals surface area contributed by atoms with Crippen molar-refractivity contribution >= 4 is 28.6 Å². The summed E-state index contributed by atoms with van der Waals surface area (Å²) in [4.78, 5) is 11.4. The summed E-state index contributed by atoms with van der Waals surface area (Å²) in [5, 5.41) is 8.80. The molecule has 0 aliphatic rings. The van der Waals surface area contributed by atoms with Crippen molar-refractivity contribution in [2.24, 2.45) is 0 Å². The molecule has 0 amide bonds. The van der Waals surface area contributed by atoms with Crippen LogP contribution in [0.2, 0.25) is 0 Å². The first-order chi connectivity index (χ1) is 9.26. The van der Waals surface area contributed by atoms with Crippen LogP contribution in [0.1, 0.15) is 18.1 Å². The number of carbonyl (C=O) groups excluding carboxylic acids is 1. The van der Waals surface area contributed by atoms with Gasteiger partial charge in [-0.15, -0.1) is 13.2 Å². The summed E-state index contributed by atoms with van der Waals surface area (Å²) >= 11 is 1.83. The molecule has 0 bridgehead atoms. The van der Waals surface area contributed by atoms with Gasteiger partial charge in [0.15, 0.2) is 0 Å².